The largest absolute Gasteiger partial charge is 0.439 e. The van der Waals surface area contributed by atoms with Gasteiger partial charge in [-0.2, -0.15) is 0 Å². The van der Waals surface area contributed by atoms with Crippen molar-refractivity contribution in [2.45, 2.75) is 36.8 Å². The molecule has 0 saturated carbocycles. The van der Waals surface area contributed by atoms with Gasteiger partial charge in [-0.15, -0.1) is 0 Å². The van der Waals surface area contributed by atoms with Crippen molar-refractivity contribution in [2.24, 2.45) is 0 Å². The Hall–Kier alpha value is -1.99. The summed E-state index contributed by atoms with van der Waals surface area (Å²) in [6.07, 6.45) is 2.98. The van der Waals surface area contributed by atoms with E-state index >= 15 is 0 Å². The number of sulfone groups is 1. The molecule has 0 N–H and O–H groups in total. The first-order valence-electron chi connectivity index (χ1n) is 7.27. The van der Waals surface area contributed by atoms with Gasteiger partial charge in [0.25, 0.3) is 0 Å². The summed E-state index contributed by atoms with van der Waals surface area (Å²) >= 11 is 6.17. The number of aromatic nitrogens is 3. The van der Waals surface area contributed by atoms with Gasteiger partial charge in [-0.25, -0.2) is 23.4 Å². The summed E-state index contributed by atoms with van der Waals surface area (Å²) in [4.78, 5) is 12.2. The molecule has 0 aliphatic heterocycles. The van der Waals surface area contributed by atoms with E-state index in [2.05, 4.69) is 15.0 Å². The maximum absolute atomic E-state index is 12.8. The molecule has 0 amide bonds. The minimum atomic E-state index is -3.79. The van der Waals surface area contributed by atoms with Crippen LogP contribution in [0.5, 0.6) is 0 Å². The molecule has 3 rings (SSSR count). The van der Waals surface area contributed by atoms with Gasteiger partial charge in [0.05, 0.1) is 5.02 Å². The molecule has 0 spiro atoms. The summed E-state index contributed by atoms with van der Waals surface area (Å²) in [6.45, 7) is 5.81. The molecule has 0 aliphatic carbocycles. The fourth-order valence-electron chi connectivity index (χ4n) is 2.20. The summed E-state index contributed by atoms with van der Waals surface area (Å²) in [6, 6.07) is 4.78. The van der Waals surface area contributed by atoms with Gasteiger partial charge in [0, 0.05) is 17.8 Å². The fourth-order valence-corrected chi connectivity index (χ4v) is 4.13. The number of benzene rings is 1. The zero-order chi connectivity index (χ0) is 17.5. The molecule has 126 valence electrons. The van der Waals surface area contributed by atoms with E-state index in [-0.39, 0.29) is 32.5 Å². The molecule has 0 fully saturated rings. The minimum absolute atomic E-state index is 0.0721. The Morgan fingerprint density at radius 2 is 1.83 bits per heavy atom. The van der Waals surface area contributed by atoms with Gasteiger partial charge < -0.3 is 4.42 Å². The lowest BCUT2D eigenvalue weighted by Crippen LogP contribution is -2.11. The minimum Gasteiger partial charge on any atom is -0.439 e. The van der Waals surface area contributed by atoms with Gasteiger partial charge >= 0.3 is 0 Å². The third-order valence-electron chi connectivity index (χ3n) is 3.36. The van der Waals surface area contributed by atoms with Crippen LogP contribution in [-0.4, -0.2) is 23.4 Å². The second-order valence-electron chi connectivity index (χ2n) is 6.42. The van der Waals surface area contributed by atoms with E-state index in [1.54, 1.807) is 12.1 Å². The summed E-state index contributed by atoms with van der Waals surface area (Å²) in [5.41, 5.74) is 0.273. The smallest absolute Gasteiger partial charge is 0.200 e. The third kappa shape index (κ3) is 3.14. The highest BCUT2D eigenvalue weighted by Crippen LogP contribution is 2.35. The van der Waals surface area contributed by atoms with E-state index in [0.29, 0.717) is 11.4 Å². The first-order valence-corrected chi connectivity index (χ1v) is 9.30. The molecule has 0 atom stereocenters. The number of rotatable bonds is 3. The first kappa shape index (κ1) is 16.9. The Labute approximate surface area is 144 Å². The SMILES string of the molecule is CC(C)(C)c1nc2ccc(Cl)c(S(=O)(=O)Cc3ncccn3)c2o1. The topological polar surface area (TPSA) is 86.0 Å². The van der Waals surface area contributed by atoms with Gasteiger partial charge in [-0.1, -0.05) is 32.4 Å². The predicted molar refractivity (Wildman–Crippen MR) is 90.6 cm³/mol. The van der Waals surface area contributed by atoms with Crippen molar-refractivity contribution in [2.75, 3.05) is 0 Å². The van der Waals surface area contributed by atoms with Crippen molar-refractivity contribution in [1.82, 2.24) is 15.0 Å². The average Bonchev–Trinajstić information content (AvgIpc) is 2.91. The standard InChI is InChI=1S/C16H16ClN3O3S/c1-16(2,3)15-20-11-6-5-10(17)14(13(11)23-15)24(21,22)9-12-18-7-4-8-19-12/h4-8H,9H2,1-3H3. The molecule has 1 aromatic carbocycles. The molecule has 3 aromatic rings. The maximum atomic E-state index is 12.8. The van der Waals surface area contributed by atoms with Gasteiger partial charge in [-0.05, 0) is 18.2 Å². The second-order valence-corrected chi connectivity index (χ2v) is 8.75. The first-order chi connectivity index (χ1) is 11.2. The summed E-state index contributed by atoms with van der Waals surface area (Å²) in [7, 11) is -3.79. The van der Waals surface area contributed by atoms with Crippen molar-refractivity contribution >= 4 is 32.5 Å². The van der Waals surface area contributed by atoms with Gasteiger partial charge in [0.2, 0.25) is 5.89 Å². The molecule has 0 unspecified atom stereocenters. The van der Waals surface area contributed by atoms with E-state index in [9.17, 15) is 8.42 Å². The van der Waals surface area contributed by atoms with Crippen LogP contribution in [0.2, 0.25) is 5.02 Å². The quantitative estimate of drug-likeness (QED) is 0.705. The highest BCUT2D eigenvalue weighted by Gasteiger charge is 2.28. The van der Waals surface area contributed by atoms with Crippen LogP contribution in [0.25, 0.3) is 11.1 Å². The lowest BCUT2D eigenvalue weighted by molar-refractivity contribution is 0.408. The normalized spacial score (nSPS) is 12.7. The molecule has 0 bridgehead atoms. The van der Waals surface area contributed by atoms with Crippen LogP contribution in [0.1, 0.15) is 32.5 Å². The number of hydrogen-bond acceptors (Lipinski definition) is 6. The second kappa shape index (κ2) is 5.82. The van der Waals surface area contributed by atoms with Crippen molar-refractivity contribution in [1.29, 1.82) is 0 Å². The molecule has 0 radical (unpaired) electrons. The number of hydrogen-bond donors (Lipinski definition) is 0. The Balaban J connectivity index is 2.17. The monoisotopic (exact) mass is 365 g/mol. The highest BCUT2D eigenvalue weighted by molar-refractivity contribution is 7.91. The maximum Gasteiger partial charge on any atom is 0.200 e. The summed E-state index contributed by atoms with van der Waals surface area (Å²) < 4.78 is 31.4. The molecule has 2 aromatic heterocycles. The Bertz CT molecular complexity index is 993. The molecule has 6 nitrogen and oxygen atoms in total. The van der Waals surface area contributed by atoms with E-state index in [0.717, 1.165) is 0 Å². The molecule has 0 saturated heterocycles. The van der Waals surface area contributed by atoms with Crippen LogP contribution in [-0.2, 0) is 21.0 Å². The van der Waals surface area contributed by atoms with Gasteiger partial charge in [0.1, 0.15) is 22.0 Å². The van der Waals surface area contributed by atoms with Crippen LogP contribution in [0.4, 0.5) is 0 Å². The molecule has 24 heavy (non-hydrogen) atoms. The number of nitrogens with zero attached hydrogens (tertiary/aromatic N) is 3. The molecule has 0 aliphatic rings. The summed E-state index contributed by atoms with van der Waals surface area (Å²) in [5, 5.41) is 0.0926. The lowest BCUT2D eigenvalue weighted by Gasteiger charge is -2.12. The Kier molecular flexibility index (Phi) is 4.09. The van der Waals surface area contributed by atoms with E-state index in [1.165, 1.54) is 18.5 Å². The van der Waals surface area contributed by atoms with Crippen LogP contribution < -0.4 is 0 Å². The van der Waals surface area contributed by atoms with Crippen molar-refractivity contribution in [3.8, 4) is 0 Å². The molecule has 8 heteroatoms. The molecule has 2 heterocycles. The van der Waals surface area contributed by atoms with Gasteiger partial charge in [0.15, 0.2) is 15.4 Å². The van der Waals surface area contributed by atoms with Crippen LogP contribution in [0.3, 0.4) is 0 Å². The third-order valence-corrected chi connectivity index (χ3v) is 5.45. The van der Waals surface area contributed by atoms with E-state index in [1.807, 2.05) is 20.8 Å². The predicted octanol–water partition coefficient (Wildman–Crippen LogP) is 3.54. The number of fused-ring (bicyclic) bond motifs is 1. The average molecular weight is 366 g/mol. The lowest BCUT2D eigenvalue weighted by atomic mass is 9.97. The Morgan fingerprint density at radius 1 is 1.17 bits per heavy atom. The Morgan fingerprint density at radius 3 is 2.46 bits per heavy atom. The molecular formula is C16H16ClN3O3S. The van der Waals surface area contributed by atoms with Crippen LogP contribution in [0.15, 0.2) is 39.9 Å². The fraction of sp³-hybridized carbons (Fsp3) is 0.312. The van der Waals surface area contributed by atoms with Crippen molar-refractivity contribution in [3.63, 3.8) is 0 Å². The van der Waals surface area contributed by atoms with E-state index in [4.69, 9.17) is 16.0 Å². The molecular weight excluding hydrogens is 350 g/mol. The zero-order valence-electron chi connectivity index (χ0n) is 13.4. The van der Waals surface area contributed by atoms with Crippen molar-refractivity contribution in [3.05, 3.63) is 47.3 Å². The van der Waals surface area contributed by atoms with Crippen LogP contribution in [0, 0.1) is 0 Å². The zero-order valence-corrected chi connectivity index (χ0v) is 15.0. The number of halogens is 1. The van der Waals surface area contributed by atoms with Crippen LogP contribution >= 0.6 is 11.6 Å². The van der Waals surface area contributed by atoms with Crippen molar-refractivity contribution < 1.29 is 12.8 Å². The van der Waals surface area contributed by atoms with E-state index < -0.39 is 9.84 Å². The summed E-state index contributed by atoms with van der Waals surface area (Å²) in [5.74, 6) is 0.284. The highest BCUT2D eigenvalue weighted by atomic mass is 35.5. The van der Waals surface area contributed by atoms with Gasteiger partial charge in [-0.3, -0.25) is 0 Å². The number of oxazole rings is 1.